The summed E-state index contributed by atoms with van der Waals surface area (Å²) in [6.45, 7) is -0.0429. The molecule has 0 spiro atoms. The van der Waals surface area contributed by atoms with Gasteiger partial charge in [0.2, 0.25) is 5.82 Å². The van der Waals surface area contributed by atoms with Crippen LogP contribution in [0.2, 0.25) is 0 Å². The molecule has 11 heteroatoms. The van der Waals surface area contributed by atoms with Crippen molar-refractivity contribution in [1.29, 1.82) is 0 Å². The van der Waals surface area contributed by atoms with Crippen molar-refractivity contribution in [3.8, 4) is 28.3 Å². The summed E-state index contributed by atoms with van der Waals surface area (Å²) in [7, 11) is 0. The molecule has 0 unspecified atom stereocenters. The number of rotatable bonds is 7. The van der Waals surface area contributed by atoms with Gasteiger partial charge in [0.25, 0.3) is 11.6 Å². The zero-order valence-corrected chi connectivity index (χ0v) is 18.3. The number of nitro benzene ring substituents is 1. The molecule has 0 saturated heterocycles. The van der Waals surface area contributed by atoms with E-state index < -0.39 is 10.9 Å². The van der Waals surface area contributed by atoms with Gasteiger partial charge in [-0.3, -0.25) is 14.9 Å². The molecule has 0 fully saturated rings. The smallest absolute Gasteiger partial charge is 0.335 e. The number of fused-ring (bicyclic) bond motifs is 1. The van der Waals surface area contributed by atoms with Gasteiger partial charge in [0, 0.05) is 23.8 Å². The number of carboxylic acids is 1. The van der Waals surface area contributed by atoms with Crippen molar-refractivity contribution in [2.45, 2.75) is 6.61 Å². The molecule has 36 heavy (non-hydrogen) atoms. The minimum atomic E-state index is -1.07. The van der Waals surface area contributed by atoms with Gasteiger partial charge in [0.15, 0.2) is 12.0 Å². The maximum Gasteiger partial charge on any atom is 0.335 e. The van der Waals surface area contributed by atoms with Gasteiger partial charge in [-0.05, 0) is 48.0 Å². The maximum atomic E-state index is 12.9. The number of aromatic nitrogens is 2. The number of benzene rings is 3. The van der Waals surface area contributed by atoms with Crippen LogP contribution in [-0.4, -0.2) is 26.1 Å². The van der Waals surface area contributed by atoms with E-state index in [0.29, 0.717) is 27.8 Å². The van der Waals surface area contributed by atoms with E-state index in [9.17, 15) is 19.7 Å². The number of ether oxygens (including phenoxy) is 1. The molecule has 0 bridgehead atoms. The van der Waals surface area contributed by atoms with E-state index in [0.717, 1.165) is 0 Å². The number of carboxylic acid groups (broad SMARTS) is 1. The van der Waals surface area contributed by atoms with Gasteiger partial charge in [0.1, 0.15) is 17.6 Å². The van der Waals surface area contributed by atoms with Gasteiger partial charge in [-0.15, -0.1) is 0 Å². The number of hydrogen-bond donors (Lipinski definition) is 1. The Morgan fingerprint density at radius 2 is 1.86 bits per heavy atom. The molecule has 0 atom stereocenters. The Kier molecular flexibility index (Phi) is 5.71. The molecule has 0 aliphatic carbocycles. The first-order valence-corrected chi connectivity index (χ1v) is 10.5. The zero-order chi connectivity index (χ0) is 25.2. The Labute approximate surface area is 201 Å². The molecule has 0 amide bonds. The Bertz CT molecular complexity index is 1670. The molecule has 0 aliphatic rings. The average molecular weight is 485 g/mol. The van der Waals surface area contributed by atoms with Gasteiger partial charge >= 0.3 is 5.97 Å². The molecule has 2 aromatic heterocycles. The first kappa shape index (κ1) is 22.5. The second-order valence-electron chi connectivity index (χ2n) is 7.63. The van der Waals surface area contributed by atoms with Crippen LogP contribution in [0.4, 0.5) is 5.69 Å². The highest BCUT2D eigenvalue weighted by molar-refractivity contribution is 5.89. The van der Waals surface area contributed by atoms with Crippen LogP contribution in [0, 0.1) is 10.1 Å². The molecular weight excluding hydrogens is 470 g/mol. The summed E-state index contributed by atoms with van der Waals surface area (Å²) >= 11 is 0. The van der Waals surface area contributed by atoms with Crippen molar-refractivity contribution in [2.75, 3.05) is 0 Å². The van der Waals surface area contributed by atoms with Crippen molar-refractivity contribution in [1.82, 2.24) is 10.1 Å². The van der Waals surface area contributed by atoms with Crippen LogP contribution in [0.5, 0.6) is 5.75 Å². The molecule has 2 heterocycles. The Morgan fingerprint density at radius 1 is 1.06 bits per heavy atom. The van der Waals surface area contributed by atoms with Crippen LogP contribution in [0.3, 0.4) is 0 Å². The Hall–Kier alpha value is -5.32. The summed E-state index contributed by atoms with van der Waals surface area (Å²) in [5.41, 5.74) is 1.26. The second-order valence-corrected chi connectivity index (χ2v) is 7.63. The van der Waals surface area contributed by atoms with Crippen LogP contribution in [-0.2, 0) is 6.61 Å². The molecule has 1 N–H and O–H groups in total. The number of hydrogen-bond acceptors (Lipinski definition) is 9. The van der Waals surface area contributed by atoms with E-state index in [4.69, 9.17) is 18.8 Å². The highest BCUT2D eigenvalue weighted by Gasteiger charge is 2.14. The summed E-state index contributed by atoms with van der Waals surface area (Å²) < 4.78 is 16.5. The average Bonchev–Trinajstić information content (AvgIpc) is 3.37. The minimum Gasteiger partial charge on any atom is -0.485 e. The quantitative estimate of drug-likeness (QED) is 0.253. The fourth-order valence-corrected chi connectivity index (χ4v) is 3.52. The van der Waals surface area contributed by atoms with Crippen LogP contribution >= 0.6 is 0 Å². The van der Waals surface area contributed by atoms with E-state index in [1.165, 1.54) is 42.7 Å². The van der Waals surface area contributed by atoms with Gasteiger partial charge < -0.3 is 18.8 Å². The van der Waals surface area contributed by atoms with Crippen molar-refractivity contribution in [3.63, 3.8) is 0 Å². The van der Waals surface area contributed by atoms with E-state index in [1.54, 1.807) is 30.3 Å². The third-order valence-electron chi connectivity index (χ3n) is 5.33. The summed E-state index contributed by atoms with van der Waals surface area (Å²) in [6.07, 6.45) is 1.30. The molecule has 0 radical (unpaired) electrons. The van der Waals surface area contributed by atoms with Crippen LogP contribution in [0.1, 0.15) is 16.2 Å². The lowest BCUT2D eigenvalue weighted by atomic mass is 10.1. The number of nitro groups is 1. The SMILES string of the molecule is O=C(O)c1cccc(-c2nc(COc3ccc4c(=O)c(-c5ccc([N+](=O)[O-])cc5)coc4c3)no2)c1. The van der Waals surface area contributed by atoms with Crippen molar-refractivity contribution >= 4 is 22.6 Å². The molecular formula is C25H15N3O8. The zero-order valence-electron chi connectivity index (χ0n) is 18.3. The third-order valence-corrected chi connectivity index (χ3v) is 5.33. The predicted molar refractivity (Wildman–Crippen MR) is 126 cm³/mol. The largest absolute Gasteiger partial charge is 0.485 e. The second kappa shape index (κ2) is 9.14. The monoisotopic (exact) mass is 485 g/mol. The summed E-state index contributed by atoms with van der Waals surface area (Å²) in [4.78, 5) is 38.6. The van der Waals surface area contributed by atoms with Crippen molar-refractivity contribution in [3.05, 3.63) is 105 Å². The minimum absolute atomic E-state index is 0.0429. The Morgan fingerprint density at radius 3 is 2.61 bits per heavy atom. The molecule has 3 aromatic carbocycles. The van der Waals surface area contributed by atoms with Gasteiger partial charge in [-0.2, -0.15) is 4.98 Å². The van der Waals surface area contributed by atoms with Crippen molar-refractivity contribution in [2.24, 2.45) is 0 Å². The fraction of sp³-hybridized carbons (Fsp3) is 0.0400. The summed E-state index contributed by atoms with van der Waals surface area (Å²) in [5.74, 6) is -0.281. The fourth-order valence-electron chi connectivity index (χ4n) is 3.52. The number of carbonyl (C=O) groups is 1. The first-order valence-electron chi connectivity index (χ1n) is 10.5. The predicted octanol–water partition coefficient (Wildman–Crippen LogP) is 4.70. The molecule has 5 rings (SSSR count). The summed E-state index contributed by atoms with van der Waals surface area (Å²) in [6, 6.07) is 16.4. The van der Waals surface area contributed by atoms with Gasteiger partial charge in [-0.25, -0.2) is 4.79 Å². The van der Waals surface area contributed by atoms with Crippen LogP contribution < -0.4 is 10.2 Å². The Balaban J connectivity index is 1.33. The molecule has 5 aromatic rings. The summed E-state index contributed by atoms with van der Waals surface area (Å²) in [5, 5.41) is 24.1. The first-order chi connectivity index (χ1) is 17.4. The van der Waals surface area contributed by atoms with E-state index >= 15 is 0 Å². The number of nitrogens with zero attached hydrogens (tertiary/aromatic N) is 3. The highest BCUT2D eigenvalue weighted by atomic mass is 16.6. The number of non-ortho nitro benzene ring substituents is 1. The third kappa shape index (κ3) is 4.40. The van der Waals surface area contributed by atoms with Gasteiger partial charge in [-0.1, -0.05) is 11.2 Å². The lowest BCUT2D eigenvalue weighted by Crippen LogP contribution is -2.05. The molecule has 0 aliphatic heterocycles. The van der Waals surface area contributed by atoms with E-state index in [2.05, 4.69) is 10.1 Å². The van der Waals surface area contributed by atoms with Crippen LogP contribution in [0.15, 0.2) is 86.7 Å². The molecule has 178 valence electrons. The lowest BCUT2D eigenvalue weighted by molar-refractivity contribution is -0.384. The van der Waals surface area contributed by atoms with Crippen LogP contribution in [0.25, 0.3) is 33.6 Å². The molecule has 11 nitrogen and oxygen atoms in total. The topological polar surface area (TPSA) is 159 Å². The van der Waals surface area contributed by atoms with Crippen molar-refractivity contribution < 1.29 is 28.5 Å². The lowest BCUT2D eigenvalue weighted by Gasteiger charge is -2.06. The van der Waals surface area contributed by atoms with Gasteiger partial charge in [0.05, 0.1) is 21.4 Å². The highest BCUT2D eigenvalue weighted by Crippen LogP contribution is 2.25. The number of aromatic carboxylic acids is 1. The standard InChI is InChI=1S/C25H15N3O8/c29-23-19-9-8-18(11-21(19)35-12-20(23)14-4-6-17(7-5-14)28(32)33)34-13-22-26-24(36-27-22)15-2-1-3-16(10-15)25(30)31/h1-12H,13H2,(H,30,31). The molecule has 0 saturated carbocycles. The normalized spacial score (nSPS) is 10.9. The maximum absolute atomic E-state index is 12.9. The van der Waals surface area contributed by atoms with E-state index in [1.807, 2.05) is 0 Å². The van der Waals surface area contributed by atoms with E-state index in [-0.39, 0.29) is 40.6 Å².